The van der Waals surface area contributed by atoms with Gasteiger partial charge in [0.2, 0.25) is 5.91 Å². The van der Waals surface area contributed by atoms with Crippen LogP contribution in [0, 0.1) is 6.92 Å². The summed E-state index contributed by atoms with van der Waals surface area (Å²) in [5.74, 6) is -0.637. The molecule has 0 saturated heterocycles. The summed E-state index contributed by atoms with van der Waals surface area (Å²) in [4.78, 5) is 27.5. The van der Waals surface area contributed by atoms with E-state index in [0.29, 0.717) is 11.7 Å². The van der Waals surface area contributed by atoms with Crippen molar-refractivity contribution in [3.63, 3.8) is 0 Å². The Balaban J connectivity index is 1.97. The molecule has 0 radical (unpaired) electrons. The molecule has 6 heteroatoms. The number of hydrogen-bond acceptors (Lipinski definition) is 5. The van der Waals surface area contributed by atoms with Crippen molar-refractivity contribution in [2.75, 3.05) is 11.9 Å². The Morgan fingerprint density at radius 3 is 2.81 bits per heavy atom. The van der Waals surface area contributed by atoms with Crippen LogP contribution < -0.4 is 5.32 Å². The van der Waals surface area contributed by atoms with Gasteiger partial charge in [-0.25, -0.2) is 9.78 Å². The van der Waals surface area contributed by atoms with Crippen molar-refractivity contribution in [1.29, 1.82) is 0 Å². The van der Waals surface area contributed by atoms with E-state index in [1.807, 2.05) is 31.2 Å². The molecule has 1 amide bonds. The van der Waals surface area contributed by atoms with Gasteiger partial charge in [0.05, 0.1) is 13.0 Å². The van der Waals surface area contributed by atoms with Crippen LogP contribution in [0.3, 0.4) is 0 Å². The minimum Gasteiger partial charge on any atom is -0.461 e. The van der Waals surface area contributed by atoms with Crippen LogP contribution in [-0.2, 0) is 16.0 Å². The summed E-state index contributed by atoms with van der Waals surface area (Å²) < 4.78 is 4.85. The second kappa shape index (κ2) is 6.99. The molecule has 0 aliphatic heterocycles. The number of hydrogen-bond donors (Lipinski definition) is 1. The van der Waals surface area contributed by atoms with Gasteiger partial charge >= 0.3 is 5.97 Å². The van der Waals surface area contributed by atoms with Gasteiger partial charge in [-0.3, -0.25) is 4.79 Å². The lowest BCUT2D eigenvalue weighted by Gasteiger charge is -2.05. The Morgan fingerprint density at radius 1 is 1.33 bits per heavy atom. The third-order valence-electron chi connectivity index (χ3n) is 2.85. The van der Waals surface area contributed by atoms with Gasteiger partial charge in [-0.1, -0.05) is 24.3 Å². The zero-order valence-electron chi connectivity index (χ0n) is 11.9. The summed E-state index contributed by atoms with van der Waals surface area (Å²) in [7, 11) is 0. The number of nitrogens with one attached hydrogen (secondary N) is 1. The van der Waals surface area contributed by atoms with Gasteiger partial charge in [0.15, 0.2) is 10.8 Å². The van der Waals surface area contributed by atoms with Crippen LogP contribution in [-0.4, -0.2) is 23.5 Å². The number of rotatable bonds is 5. The first-order valence-corrected chi connectivity index (χ1v) is 7.45. The summed E-state index contributed by atoms with van der Waals surface area (Å²) in [6.45, 7) is 3.99. The summed E-state index contributed by atoms with van der Waals surface area (Å²) in [5, 5.41) is 4.67. The van der Waals surface area contributed by atoms with E-state index in [1.165, 1.54) is 11.3 Å². The highest BCUT2D eigenvalue weighted by atomic mass is 32.1. The smallest absolute Gasteiger partial charge is 0.357 e. The molecule has 0 unspecified atom stereocenters. The number of ether oxygens (including phenoxy) is 1. The van der Waals surface area contributed by atoms with Gasteiger partial charge in [0.25, 0.3) is 0 Å². The topological polar surface area (TPSA) is 68.3 Å². The number of aromatic nitrogens is 1. The van der Waals surface area contributed by atoms with E-state index in [-0.39, 0.29) is 18.0 Å². The average Bonchev–Trinajstić information content (AvgIpc) is 2.90. The molecule has 5 nitrogen and oxygen atoms in total. The number of thiazole rings is 1. The molecule has 2 aromatic rings. The van der Waals surface area contributed by atoms with Crippen LogP contribution in [0.4, 0.5) is 5.13 Å². The van der Waals surface area contributed by atoms with E-state index in [9.17, 15) is 9.59 Å². The summed E-state index contributed by atoms with van der Waals surface area (Å²) in [6.07, 6.45) is 0.279. The van der Waals surface area contributed by atoms with E-state index in [4.69, 9.17) is 4.74 Å². The Bertz CT molecular complexity index is 652. The molecule has 1 N–H and O–H groups in total. The van der Waals surface area contributed by atoms with Crippen LogP contribution >= 0.6 is 11.3 Å². The number of esters is 1. The summed E-state index contributed by atoms with van der Waals surface area (Å²) in [6, 6.07) is 7.71. The maximum atomic E-state index is 12.0. The van der Waals surface area contributed by atoms with Gasteiger partial charge < -0.3 is 10.1 Å². The number of carbonyl (C=O) groups is 2. The van der Waals surface area contributed by atoms with E-state index in [0.717, 1.165) is 11.1 Å². The number of benzene rings is 1. The minimum absolute atomic E-state index is 0.158. The van der Waals surface area contributed by atoms with Gasteiger partial charge in [0, 0.05) is 5.38 Å². The molecule has 1 aromatic carbocycles. The van der Waals surface area contributed by atoms with Crippen LogP contribution in [0.2, 0.25) is 0 Å². The first kappa shape index (κ1) is 15.2. The molecule has 2 rings (SSSR count). The number of nitrogens with zero attached hydrogens (tertiary/aromatic N) is 1. The van der Waals surface area contributed by atoms with Crippen molar-refractivity contribution in [1.82, 2.24) is 4.98 Å². The lowest BCUT2D eigenvalue weighted by Crippen LogP contribution is -2.15. The standard InChI is InChI=1S/C15H16N2O3S/c1-3-20-14(19)12-9-21-15(16-12)17-13(18)8-11-7-5-4-6-10(11)2/h4-7,9H,3,8H2,1-2H3,(H,16,17,18). The average molecular weight is 304 g/mol. The highest BCUT2D eigenvalue weighted by molar-refractivity contribution is 7.14. The molecule has 0 aliphatic carbocycles. The highest BCUT2D eigenvalue weighted by Gasteiger charge is 2.13. The van der Waals surface area contributed by atoms with E-state index >= 15 is 0 Å². The van der Waals surface area contributed by atoms with E-state index in [2.05, 4.69) is 10.3 Å². The maximum Gasteiger partial charge on any atom is 0.357 e. The van der Waals surface area contributed by atoms with Gasteiger partial charge in [-0.05, 0) is 25.0 Å². The lowest BCUT2D eigenvalue weighted by atomic mass is 10.1. The van der Waals surface area contributed by atoms with Gasteiger partial charge in [-0.15, -0.1) is 11.3 Å². The fraction of sp³-hybridized carbons (Fsp3) is 0.267. The fourth-order valence-electron chi connectivity index (χ4n) is 1.77. The van der Waals surface area contributed by atoms with Crippen LogP contribution in [0.5, 0.6) is 0 Å². The first-order valence-electron chi connectivity index (χ1n) is 6.57. The minimum atomic E-state index is -0.479. The predicted octanol–water partition coefficient (Wildman–Crippen LogP) is 2.81. The molecular formula is C15H16N2O3S. The van der Waals surface area contributed by atoms with Crippen molar-refractivity contribution in [2.45, 2.75) is 20.3 Å². The number of carbonyl (C=O) groups excluding carboxylic acids is 2. The zero-order chi connectivity index (χ0) is 15.2. The molecule has 21 heavy (non-hydrogen) atoms. The van der Waals surface area contributed by atoms with Crippen molar-refractivity contribution < 1.29 is 14.3 Å². The van der Waals surface area contributed by atoms with Gasteiger partial charge in [-0.2, -0.15) is 0 Å². The molecule has 1 heterocycles. The highest BCUT2D eigenvalue weighted by Crippen LogP contribution is 2.17. The lowest BCUT2D eigenvalue weighted by molar-refractivity contribution is -0.115. The molecule has 0 bridgehead atoms. The second-order valence-corrected chi connectivity index (χ2v) is 5.27. The SMILES string of the molecule is CCOC(=O)c1csc(NC(=O)Cc2ccccc2C)n1. The molecule has 0 fully saturated rings. The zero-order valence-corrected chi connectivity index (χ0v) is 12.7. The van der Waals surface area contributed by atoms with Crippen molar-refractivity contribution in [3.8, 4) is 0 Å². The predicted molar refractivity (Wildman–Crippen MR) is 81.6 cm³/mol. The molecule has 0 spiro atoms. The molecule has 110 valence electrons. The largest absolute Gasteiger partial charge is 0.461 e. The first-order chi connectivity index (χ1) is 10.1. The number of anilines is 1. The molecule has 0 atom stereocenters. The van der Waals surface area contributed by atoms with Crippen molar-refractivity contribution in [3.05, 3.63) is 46.5 Å². The molecule has 1 aromatic heterocycles. The second-order valence-electron chi connectivity index (χ2n) is 4.41. The Morgan fingerprint density at radius 2 is 2.10 bits per heavy atom. The number of aryl methyl sites for hydroxylation is 1. The van der Waals surface area contributed by atoms with Crippen molar-refractivity contribution in [2.24, 2.45) is 0 Å². The number of amides is 1. The maximum absolute atomic E-state index is 12.0. The quantitative estimate of drug-likeness (QED) is 0.862. The monoisotopic (exact) mass is 304 g/mol. The Kier molecular flexibility index (Phi) is 5.05. The van der Waals surface area contributed by atoms with Crippen LogP contribution in [0.25, 0.3) is 0 Å². The van der Waals surface area contributed by atoms with Crippen LogP contribution in [0.1, 0.15) is 28.5 Å². The third-order valence-corrected chi connectivity index (χ3v) is 3.61. The summed E-state index contributed by atoms with van der Waals surface area (Å²) in [5.41, 5.74) is 2.25. The Hall–Kier alpha value is -2.21. The normalized spacial score (nSPS) is 10.2. The van der Waals surface area contributed by atoms with Gasteiger partial charge in [0.1, 0.15) is 0 Å². The molecular weight excluding hydrogens is 288 g/mol. The third kappa shape index (κ3) is 4.13. The molecule has 0 saturated carbocycles. The Labute approximate surface area is 127 Å². The van der Waals surface area contributed by atoms with Crippen LogP contribution in [0.15, 0.2) is 29.6 Å². The van der Waals surface area contributed by atoms with E-state index in [1.54, 1.807) is 12.3 Å². The van der Waals surface area contributed by atoms with Crippen molar-refractivity contribution >= 4 is 28.3 Å². The van der Waals surface area contributed by atoms with E-state index < -0.39 is 5.97 Å². The molecule has 0 aliphatic rings. The summed E-state index contributed by atoms with van der Waals surface area (Å²) >= 11 is 1.20. The fourth-order valence-corrected chi connectivity index (χ4v) is 2.47.